The fourth-order valence-corrected chi connectivity index (χ4v) is 5.51. The number of hydrogen-bond acceptors (Lipinski definition) is 5. The van der Waals surface area contributed by atoms with Crippen LogP contribution in [0.1, 0.15) is 16.7 Å². The Labute approximate surface area is 215 Å². The highest BCUT2D eigenvalue weighted by molar-refractivity contribution is 6.30. The molecule has 0 spiro atoms. The summed E-state index contributed by atoms with van der Waals surface area (Å²) in [5.74, 6) is -0.283. The molecule has 0 aliphatic carbocycles. The lowest BCUT2D eigenvalue weighted by molar-refractivity contribution is -0.384. The number of rotatable bonds is 7. The third-order valence-corrected chi connectivity index (χ3v) is 7.45. The highest BCUT2D eigenvalue weighted by Gasteiger charge is 2.41. The van der Waals surface area contributed by atoms with Crippen LogP contribution in [0.25, 0.3) is 0 Å². The van der Waals surface area contributed by atoms with E-state index in [2.05, 4.69) is 27.2 Å². The van der Waals surface area contributed by atoms with E-state index < -0.39 is 0 Å². The summed E-state index contributed by atoms with van der Waals surface area (Å²) in [4.78, 5) is 29.2. The van der Waals surface area contributed by atoms with Gasteiger partial charge in [0.15, 0.2) is 0 Å². The molecule has 8 heteroatoms. The first-order valence-electron chi connectivity index (χ1n) is 12.3. The summed E-state index contributed by atoms with van der Waals surface area (Å²) in [5.41, 5.74) is 4.30. The molecule has 0 saturated carbocycles. The second-order valence-corrected chi connectivity index (χ2v) is 9.97. The van der Waals surface area contributed by atoms with Crippen molar-refractivity contribution in [2.75, 3.05) is 31.1 Å². The highest BCUT2D eigenvalue weighted by Crippen LogP contribution is 2.38. The van der Waals surface area contributed by atoms with Crippen LogP contribution in [0.4, 0.5) is 11.4 Å². The third kappa shape index (κ3) is 5.37. The number of piperazine rings is 1. The van der Waals surface area contributed by atoms with Crippen molar-refractivity contribution < 1.29 is 9.72 Å². The van der Waals surface area contributed by atoms with Crippen molar-refractivity contribution in [1.82, 2.24) is 10.2 Å². The molecule has 1 amide bonds. The van der Waals surface area contributed by atoms with Crippen molar-refractivity contribution >= 4 is 28.9 Å². The maximum atomic E-state index is 13.5. The van der Waals surface area contributed by atoms with Crippen LogP contribution in [0.15, 0.2) is 72.8 Å². The number of anilines is 1. The molecule has 3 aromatic carbocycles. The van der Waals surface area contributed by atoms with E-state index >= 15 is 0 Å². The lowest BCUT2D eigenvalue weighted by Gasteiger charge is -2.49. The van der Waals surface area contributed by atoms with Crippen LogP contribution >= 0.6 is 11.6 Å². The van der Waals surface area contributed by atoms with Crippen LogP contribution in [0.5, 0.6) is 0 Å². The number of carbonyl (C=O) groups excluding carboxylic acids is 1. The van der Waals surface area contributed by atoms with Crippen LogP contribution in [0, 0.1) is 16.0 Å². The Balaban J connectivity index is 1.35. The molecular weight excluding hydrogens is 476 g/mol. The molecule has 0 bridgehead atoms. The van der Waals surface area contributed by atoms with Crippen molar-refractivity contribution in [3.05, 3.63) is 105 Å². The molecule has 0 radical (unpaired) electrons. The summed E-state index contributed by atoms with van der Waals surface area (Å²) in [5, 5.41) is 15.3. The Morgan fingerprint density at radius 1 is 1.03 bits per heavy atom. The van der Waals surface area contributed by atoms with Gasteiger partial charge in [0.1, 0.15) is 0 Å². The number of nitrogens with one attached hydrogen (secondary N) is 1. The van der Waals surface area contributed by atoms with E-state index in [1.807, 2.05) is 48.5 Å². The van der Waals surface area contributed by atoms with Gasteiger partial charge in [-0.1, -0.05) is 54.1 Å². The maximum Gasteiger partial charge on any atom is 0.269 e. The van der Waals surface area contributed by atoms with Crippen LogP contribution in [0.2, 0.25) is 5.02 Å². The number of nitrogens with zero attached hydrogens (tertiary/aromatic N) is 3. The van der Waals surface area contributed by atoms with E-state index in [9.17, 15) is 14.9 Å². The second-order valence-electron chi connectivity index (χ2n) is 9.53. The van der Waals surface area contributed by atoms with Crippen molar-refractivity contribution in [3.8, 4) is 0 Å². The molecule has 5 rings (SSSR count). The van der Waals surface area contributed by atoms with E-state index in [4.69, 9.17) is 11.6 Å². The number of non-ortho nitro benzene ring substituents is 1. The Kier molecular flexibility index (Phi) is 7.20. The first-order chi connectivity index (χ1) is 17.5. The molecule has 2 aliphatic rings. The SMILES string of the molecule is O=C(NCCc1ccccc1)[C@H]1Cc2cc([N+](=O)[O-])ccc2N2CCN(Cc3ccc(Cl)cc3)C[C@H]12. The van der Waals surface area contributed by atoms with Crippen molar-refractivity contribution in [1.29, 1.82) is 0 Å². The van der Waals surface area contributed by atoms with Gasteiger partial charge in [0.05, 0.1) is 16.9 Å². The summed E-state index contributed by atoms with van der Waals surface area (Å²) < 4.78 is 0. The zero-order valence-electron chi connectivity index (χ0n) is 20.0. The summed E-state index contributed by atoms with van der Waals surface area (Å²) >= 11 is 6.05. The van der Waals surface area contributed by atoms with E-state index in [0.717, 1.165) is 43.9 Å². The predicted molar refractivity (Wildman–Crippen MR) is 141 cm³/mol. The van der Waals surface area contributed by atoms with E-state index in [1.54, 1.807) is 12.1 Å². The molecule has 2 aliphatic heterocycles. The van der Waals surface area contributed by atoms with Crippen LogP contribution in [-0.2, 0) is 24.2 Å². The molecule has 2 heterocycles. The lowest BCUT2D eigenvalue weighted by atomic mass is 9.83. The zero-order valence-corrected chi connectivity index (χ0v) is 20.7. The van der Waals surface area contributed by atoms with Crippen LogP contribution in [0.3, 0.4) is 0 Å². The molecule has 1 saturated heterocycles. The summed E-state index contributed by atoms with van der Waals surface area (Å²) in [6, 6.07) is 23.0. The number of hydrogen-bond donors (Lipinski definition) is 1. The standard InChI is InChI=1S/C28H29ClN4O3/c29-23-8-6-21(7-9-23)18-31-14-15-32-26-11-10-24(33(35)36)16-22(26)17-25(27(32)19-31)28(34)30-13-12-20-4-2-1-3-5-20/h1-11,16,25,27H,12-15,17-19H2,(H,30,34)/t25-,27+/m0/s1. The third-order valence-electron chi connectivity index (χ3n) is 7.20. The summed E-state index contributed by atoms with van der Waals surface area (Å²) in [6.45, 7) is 3.70. The molecule has 186 valence electrons. The van der Waals surface area contributed by atoms with E-state index in [0.29, 0.717) is 18.0 Å². The summed E-state index contributed by atoms with van der Waals surface area (Å²) in [6.07, 6.45) is 1.25. The molecule has 2 atom stereocenters. The number of amides is 1. The molecule has 3 aromatic rings. The van der Waals surface area contributed by atoms with Gasteiger partial charge in [-0.3, -0.25) is 19.8 Å². The molecular formula is C28H29ClN4O3. The Hall–Kier alpha value is -3.42. The smallest absolute Gasteiger partial charge is 0.269 e. The quantitative estimate of drug-likeness (QED) is 0.379. The average Bonchev–Trinajstić information content (AvgIpc) is 2.89. The minimum Gasteiger partial charge on any atom is -0.365 e. The van der Waals surface area contributed by atoms with Gasteiger partial charge in [0, 0.05) is 55.6 Å². The molecule has 0 unspecified atom stereocenters. The van der Waals surface area contributed by atoms with E-state index in [1.165, 1.54) is 11.1 Å². The minimum atomic E-state index is -0.370. The monoisotopic (exact) mass is 504 g/mol. The largest absolute Gasteiger partial charge is 0.365 e. The fraction of sp³-hybridized carbons (Fsp3) is 0.321. The number of fused-ring (bicyclic) bond motifs is 3. The highest BCUT2D eigenvalue weighted by atomic mass is 35.5. The predicted octanol–water partition coefficient (Wildman–Crippen LogP) is 4.47. The van der Waals surface area contributed by atoms with Crippen LogP contribution < -0.4 is 10.2 Å². The van der Waals surface area contributed by atoms with Gasteiger partial charge in [-0.25, -0.2) is 0 Å². The number of carbonyl (C=O) groups is 1. The van der Waals surface area contributed by atoms with Gasteiger partial charge >= 0.3 is 0 Å². The van der Waals surface area contributed by atoms with Crippen LogP contribution in [-0.4, -0.2) is 48.0 Å². The Bertz CT molecular complexity index is 1240. The zero-order chi connectivity index (χ0) is 25.1. The first kappa shape index (κ1) is 24.3. The molecule has 0 aromatic heterocycles. The van der Waals surface area contributed by atoms with Gasteiger partial charge < -0.3 is 10.2 Å². The van der Waals surface area contributed by atoms with Crippen molar-refractivity contribution in [2.24, 2.45) is 5.92 Å². The molecule has 1 N–H and O–H groups in total. The lowest BCUT2D eigenvalue weighted by Crippen LogP contribution is -2.61. The second kappa shape index (κ2) is 10.7. The van der Waals surface area contributed by atoms with Crippen molar-refractivity contribution in [2.45, 2.75) is 25.4 Å². The van der Waals surface area contributed by atoms with Gasteiger partial charge in [0.2, 0.25) is 5.91 Å². The minimum absolute atomic E-state index is 0.00303. The normalized spacial score (nSPS) is 19.3. The first-order valence-corrected chi connectivity index (χ1v) is 12.7. The summed E-state index contributed by atoms with van der Waals surface area (Å²) in [7, 11) is 0. The number of halogens is 1. The van der Waals surface area contributed by atoms with Crippen molar-refractivity contribution in [3.63, 3.8) is 0 Å². The molecule has 7 nitrogen and oxygen atoms in total. The van der Waals surface area contributed by atoms with Gasteiger partial charge in [-0.15, -0.1) is 0 Å². The maximum absolute atomic E-state index is 13.5. The molecule has 36 heavy (non-hydrogen) atoms. The van der Waals surface area contributed by atoms with E-state index in [-0.39, 0.29) is 28.5 Å². The Morgan fingerprint density at radius 3 is 2.56 bits per heavy atom. The number of nitro groups is 1. The van der Waals surface area contributed by atoms with Gasteiger partial charge in [0.25, 0.3) is 5.69 Å². The Morgan fingerprint density at radius 2 is 1.81 bits per heavy atom. The number of benzene rings is 3. The van der Waals surface area contributed by atoms with Gasteiger partial charge in [-0.05, 0) is 47.7 Å². The number of nitro benzene ring substituents is 1. The fourth-order valence-electron chi connectivity index (χ4n) is 5.38. The molecule has 1 fully saturated rings. The average molecular weight is 505 g/mol. The van der Waals surface area contributed by atoms with Gasteiger partial charge in [-0.2, -0.15) is 0 Å². The topological polar surface area (TPSA) is 78.7 Å².